The number of hydrogen-bond donors (Lipinski definition) is 0. The van der Waals surface area contributed by atoms with Gasteiger partial charge in [-0.2, -0.15) is 0 Å². The van der Waals surface area contributed by atoms with Crippen LogP contribution in [-0.2, 0) is 36.3 Å². The van der Waals surface area contributed by atoms with Gasteiger partial charge in [0.05, 0.1) is 19.8 Å². The van der Waals surface area contributed by atoms with Crippen LogP contribution in [0.1, 0.15) is 52.7 Å². The van der Waals surface area contributed by atoms with E-state index in [9.17, 15) is 0 Å². The van der Waals surface area contributed by atoms with Crippen LogP contribution in [0.4, 0.5) is 0 Å². The van der Waals surface area contributed by atoms with Crippen molar-refractivity contribution in [1.29, 1.82) is 0 Å². The third kappa shape index (κ3) is 6.83. The lowest BCUT2D eigenvalue weighted by molar-refractivity contribution is -0.221. The molecule has 0 saturated carbocycles. The SMILES string of the molecule is CC(C)(C)[Si]1(C(C)(C)C)OC[C@H]2O[C@H](Sc3ccccc3)[C@H](OCc3ccccc3)[C@@H](O1)[C@H]2OCc1ccccc1. The second-order valence-electron chi connectivity index (χ2n) is 13.0. The van der Waals surface area contributed by atoms with Crippen LogP contribution in [0.3, 0.4) is 0 Å². The Morgan fingerprint density at radius 3 is 1.71 bits per heavy atom. The molecule has 41 heavy (non-hydrogen) atoms. The lowest BCUT2D eigenvalue weighted by Gasteiger charge is -2.51. The summed E-state index contributed by atoms with van der Waals surface area (Å²) in [5, 5.41) is -0.391. The van der Waals surface area contributed by atoms with Gasteiger partial charge in [-0.05, 0) is 23.3 Å². The molecule has 5 atom stereocenters. The van der Waals surface area contributed by atoms with E-state index in [2.05, 4.69) is 90.1 Å². The van der Waals surface area contributed by atoms with Gasteiger partial charge in [0, 0.05) is 15.0 Å². The Hall–Kier alpha value is -1.97. The third-order valence-corrected chi connectivity index (χ3v) is 14.2. The zero-order chi connectivity index (χ0) is 29.1. The summed E-state index contributed by atoms with van der Waals surface area (Å²) in [6.07, 6.45) is -1.38. The molecule has 5 rings (SSSR count). The first-order chi connectivity index (χ1) is 19.6. The Labute approximate surface area is 251 Å². The maximum atomic E-state index is 7.44. The summed E-state index contributed by atoms with van der Waals surface area (Å²) in [5.74, 6) is 0. The first-order valence-electron chi connectivity index (χ1n) is 14.6. The quantitative estimate of drug-likeness (QED) is 0.246. The Balaban J connectivity index is 1.54. The molecule has 0 unspecified atom stereocenters. The normalized spacial score (nSPS) is 26.3. The van der Waals surface area contributed by atoms with E-state index >= 15 is 0 Å². The minimum Gasteiger partial charge on any atom is -0.391 e. The minimum absolute atomic E-state index is 0.196. The maximum absolute atomic E-state index is 7.44. The van der Waals surface area contributed by atoms with Crippen LogP contribution in [0.5, 0.6) is 0 Å². The molecule has 3 aromatic rings. The molecule has 2 aliphatic heterocycles. The molecule has 2 bridgehead atoms. The Morgan fingerprint density at radius 2 is 1.20 bits per heavy atom. The van der Waals surface area contributed by atoms with E-state index in [-0.39, 0.29) is 39.9 Å². The van der Waals surface area contributed by atoms with E-state index in [1.807, 2.05) is 42.5 Å². The predicted molar refractivity (Wildman–Crippen MR) is 167 cm³/mol. The second kappa shape index (κ2) is 12.7. The van der Waals surface area contributed by atoms with Crippen LogP contribution in [0.15, 0.2) is 95.9 Å². The van der Waals surface area contributed by atoms with E-state index in [0.29, 0.717) is 19.8 Å². The lowest BCUT2D eigenvalue weighted by Crippen LogP contribution is -2.63. The van der Waals surface area contributed by atoms with Gasteiger partial charge in [0.1, 0.15) is 29.9 Å². The average Bonchev–Trinajstić information content (AvgIpc) is 3.07. The molecule has 0 spiro atoms. The van der Waals surface area contributed by atoms with Gasteiger partial charge in [-0.25, -0.2) is 0 Å². The van der Waals surface area contributed by atoms with Crippen LogP contribution in [0.2, 0.25) is 10.1 Å². The van der Waals surface area contributed by atoms with Crippen molar-refractivity contribution < 1.29 is 23.1 Å². The van der Waals surface area contributed by atoms with Gasteiger partial charge < -0.3 is 23.1 Å². The highest BCUT2D eigenvalue weighted by atomic mass is 32.2. The highest BCUT2D eigenvalue weighted by molar-refractivity contribution is 7.99. The predicted octanol–water partition coefficient (Wildman–Crippen LogP) is 8.13. The number of thioether (sulfide) groups is 1. The molecule has 2 heterocycles. The monoisotopic (exact) mass is 592 g/mol. The summed E-state index contributed by atoms with van der Waals surface area (Å²) in [6, 6.07) is 31.0. The van der Waals surface area contributed by atoms with Crippen LogP contribution >= 0.6 is 11.8 Å². The van der Waals surface area contributed by atoms with Crippen LogP contribution in [0, 0.1) is 0 Å². The van der Waals surface area contributed by atoms with Crippen molar-refractivity contribution in [2.24, 2.45) is 0 Å². The molecule has 3 aromatic carbocycles. The summed E-state index contributed by atoms with van der Waals surface area (Å²) >= 11 is 1.68. The number of fused-ring (bicyclic) bond motifs is 2. The standard InChI is InChI=1S/C34H44O5SSi/c1-33(2,3)41(34(4,5)6)37-24-28-29(35-22-25-16-10-7-11-17-25)30(39-41)31(36-23-26-18-12-8-13-19-26)32(38-28)40-27-20-14-9-15-21-27/h7-21,28-32H,22-24H2,1-6H3/t28-,29+,30+,31-,32-/m1/s1. The van der Waals surface area contributed by atoms with Gasteiger partial charge in [-0.15, -0.1) is 0 Å². The molecule has 0 aromatic heterocycles. The first-order valence-corrected chi connectivity index (χ1v) is 17.3. The summed E-state index contributed by atoms with van der Waals surface area (Å²) in [7, 11) is -2.89. The van der Waals surface area contributed by atoms with E-state index in [4.69, 9.17) is 23.1 Å². The Morgan fingerprint density at radius 1 is 0.707 bits per heavy atom. The average molecular weight is 593 g/mol. The van der Waals surface area contributed by atoms with Gasteiger partial charge in [-0.3, -0.25) is 0 Å². The summed E-state index contributed by atoms with van der Waals surface area (Å²) in [5.41, 5.74) is 1.93. The Kier molecular flexibility index (Phi) is 9.46. The van der Waals surface area contributed by atoms with Crippen LogP contribution < -0.4 is 0 Å². The number of benzene rings is 3. The van der Waals surface area contributed by atoms with Gasteiger partial charge in [0.25, 0.3) is 0 Å². The van der Waals surface area contributed by atoms with Crippen molar-refractivity contribution in [2.45, 2.75) is 99.6 Å². The van der Waals surface area contributed by atoms with E-state index in [0.717, 1.165) is 16.0 Å². The number of hydrogen-bond acceptors (Lipinski definition) is 6. The van der Waals surface area contributed by atoms with Crippen molar-refractivity contribution in [2.75, 3.05) is 6.61 Å². The molecule has 2 fully saturated rings. The molecule has 2 saturated heterocycles. The fraction of sp³-hybridized carbons (Fsp3) is 0.471. The maximum Gasteiger partial charge on any atom is 0.349 e. The van der Waals surface area contributed by atoms with Crippen molar-refractivity contribution in [3.63, 3.8) is 0 Å². The molecule has 0 aliphatic carbocycles. The Bertz CT molecular complexity index is 1210. The highest BCUT2D eigenvalue weighted by Crippen LogP contribution is 2.55. The molecule has 2 aliphatic rings. The fourth-order valence-corrected chi connectivity index (χ4v) is 12.2. The summed E-state index contributed by atoms with van der Waals surface area (Å²) < 4.78 is 34.8. The molecular formula is C34H44O5SSi. The number of ether oxygens (including phenoxy) is 3. The van der Waals surface area contributed by atoms with Gasteiger partial charge in [-0.1, -0.05) is 132 Å². The van der Waals surface area contributed by atoms with Crippen molar-refractivity contribution in [3.8, 4) is 0 Å². The smallest absolute Gasteiger partial charge is 0.349 e. The summed E-state index contributed by atoms with van der Waals surface area (Å²) in [4.78, 5) is 1.13. The van der Waals surface area contributed by atoms with Crippen molar-refractivity contribution >= 4 is 20.3 Å². The highest BCUT2D eigenvalue weighted by Gasteiger charge is 2.64. The topological polar surface area (TPSA) is 46.2 Å². The van der Waals surface area contributed by atoms with Crippen LogP contribution in [-0.4, -0.2) is 45.0 Å². The third-order valence-electron chi connectivity index (χ3n) is 7.88. The second-order valence-corrected chi connectivity index (χ2v) is 18.9. The first kappa shape index (κ1) is 30.5. The van der Waals surface area contributed by atoms with Crippen LogP contribution in [0.25, 0.3) is 0 Å². The molecule has 0 radical (unpaired) electrons. The molecule has 0 amide bonds. The van der Waals surface area contributed by atoms with Gasteiger partial charge in [0.15, 0.2) is 0 Å². The summed E-state index contributed by atoms with van der Waals surface area (Å²) in [6.45, 7) is 14.8. The molecule has 5 nitrogen and oxygen atoms in total. The molecule has 220 valence electrons. The van der Waals surface area contributed by atoms with Gasteiger partial charge >= 0.3 is 8.56 Å². The lowest BCUT2D eigenvalue weighted by atomic mass is 9.99. The van der Waals surface area contributed by atoms with Gasteiger partial charge in [0.2, 0.25) is 0 Å². The fourth-order valence-electron chi connectivity index (χ4n) is 6.12. The van der Waals surface area contributed by atoms with Crippen molar-refractivity contribution in [3.05, 3.63) is 102 Å². The van der Waals surface area contributed by atoms with Crippen molar-refractivity contribution in [1.82, 2.24) is 0 Å². The largest absolute Gasteiger partial charge is 0.391 e. The molecular weight excluding hydrogens is 549 g/mol. The molecule has 7 heteroatoms. The number of rotatable bonds is 8. The molecule has 0 N–H and O–H groups in total. The minimum atomic E-state index is -2.89. The van der Waals surface area contributed by atoms with E-state index in [1.165, 1.54) is 0 Å². The van der Waals surface area contributed by atoms with E-state index < -0.39 is 8.56 Å². The van der Waals surface area contributed by atoms with E-state index in [1.54, 1.807) is 11.8 Å². The zero-order valence-electron chi connectivity index (χ0n) is 25.1. The zero-order valence-corrected chi connectivity index (χ0v) is 26.9.